The molecule has 1 N–H and O–H groups in total. The zero-order valence-corrected chi connectivity index (χ0v) is 14.5. The lowest BCUT2D eigenvalue weighted by molar-refractivity contribution is 0.0862. The maximum atomic E-state index is 3.46. The van der Waals surface area contributed by atoms with E-state index in [1.54, 1.807) is 0 Å². The molecule has 23 heavy (non-hydrogen) atoms. The Balaban J connectivity index is 1.88. The van der Waals surface area contributed by atoms with Crippen molar-refractivity contribution in [2.75, 3.05) is 26.2 Å². The molecule has 2 nitrogen and oxygen atoms in total. The van der Waals surface area contributed by atoms with Crippen LogP contribution in [0.15, 0.2) is 54.6 Å². The smallest absolute Gasteiger partial charge is 0.0397 e. The summed E-state index contributed by atoms with van der Waals surface area (Å²) in [5.74, 6) is 0. The molecular formula is C21H28N2. The molecule has 0 saturated carbocycles. The van der Waals surface area contributed by atoms with Crippen LogP contribution in [-0.2, 0) is 0 Å². The summed E-state index contributed by atoms with van der Waals surface area (Å²) in [6.07, 6.45) is 0. The highest BCUT2D eigenvalue weighted by molar-refractivity contribution is 5.63. The van der Waals surface area contributed by atoms with Crippen molar-refractivity contribution in [3.63, 3.8) is 0 Å². The van der Waals surface area contributed by atoms with Crippen LogP contribution in [0.4, 0.5) is 0 Å². The van der Waals surface area contributed by atoms with Crippen molar-refractivity contribution in [2.45, 2.75) is 26.8 Å². The summed E-state index contributed by atoms with van der Waals surface area (Å²) in [5.41, 5.74) is 4.24. The van der Waals surface area contributed by atoms with E-state index >= 15 is 0 Å². The average molecular weight is 308 g/mol. The molecule has 0 bridgehead atoms. The molecule has 1 saturated heterocycles. The van der Waals surface area contributed by atoms with Crippen LogP contribution in [0.1, 0.15) is 32.4 Å². The molecule has 0 aliphatic carbocycles. The molecule has 3 rings (SSSR count). The maximum Gasteiger partial charge on any atom is 0.0397 e. The van der Waals surface area contributed by atoms with Gasteiger partial charge in [0.05, 0.1) is 0 Å². The zero-order chi connectivity index (χ0) is 16.3. The summed E-state index contributed by atoms with van der Waals surface area (Å²) in [7, 11) is 0. The highest BCUT2D eigenvalue weighted by Crippen LogP contribution is 2.38. The predicted molar refractivity (Wildman–Crippen MR) is 98.5 cm³/mol. The first kappa shape index (κ1) is 16.2. The number of hydrogen-bond donors (Lipinski definition) is 1. The lowest BCUT2D eigenvalue weighted by Crippen LogP contribution is -2.48. The fraction of sp³-hybridized carbons (Fsp3) is 0.429. The first-order valence-corrected chi connectivity index (χ1v) is 8.66. The summed E-state index contributed by atoms with van der Waals surface area (Å²) in [5, 5.41) is 3.46. The average Bonchev–Trinajstić information content (AvgIpc) is 2.56. The molecule has 1 aliphatic heterocycles. The van der Waals surface area contributed by atoms with Crippen LogP contribution in [-0.4, -0.2) is 31.1 Å². The second-order valence-corrected chi connectivity index (χ2v) is 7.54. The molecule has 0 unspecified atom stereocenters. The van der Waals surface area contributed by atoms with Crippen LogP contribution in [0.3, 0.4) is 0 Å². The van der Waals surface area contributed by atoms with Gasteiger partial charge in [0.25, 0.3) is 0 Å². The van der Waals surface area contributed by atoms with Gasteiger partial charge in [-0.2, -0.15) is 0 Å². The number of benzene rings is 2. The van der Waals surface area contributed by atoms with Gasteiger partial charge in [0.1, 0.15) is 0 Å². The van der Waals surface area contributed by atoms with E-state index in [1.165, 1.54) is 16.7 Å². The van der Waals surface area contributed by atoms with Crippen LogP contribution >= 0.6 is 0 Å². The van der Waals surface area contributed by atoms with Gasteiger partial charge >= 0.3 is 0 Å². The van der Waals surface area contributed by atoms with Crippen molar-refractivity contribution >= 4 is 0 Å². The largest absolute Gasteiger partial charge is 0.314 e. The first-order chi connectivity index (χ1) is 11.1. The van der Waals surface area contributed by atoms with Gasteiger partial charge in [0.15, 0.2) is 0 Å². The molecule has 122 valence electrons. The highest BCUT2D eigenvalue weighted by atomic mass is 15.2. The van der Waals surface area contributed by atoms with Crippen LogP contribution in [0.2, 0.25) is 0 Å². The van der Waals surface area contributed by atoms with E-state index < -0.39 is 0 Å². The van der Waals surface area contributed by atoms with Crippen LogP contribution in [0.5, 0.6) is 0 Å². The number of rotatable bonds is 3. The van der Waals surface area contributed by atoms with Crippen LogP contribution in [0, 0.1) is 5.41 Å². The predicted octanol–water partition coefficient (Wildman–Crippen LogP) is 4.35. The lowest BCUT2D eigenvalue weighted by Gasteiger charge is -2.42. The second kappa shape index (κ2) is 6.86. The summed E-state index contributed by atoms with van der Waals surface area (Å²) in [6.45, 7) is 11.5. The van der Waals surface area contributed by atoms with E-state index in [0.29, 0.717) is 6.04 Å². The minimum atomic E-state index is 0.228. The molecule has 1 heterocycles. The van der Waals surface area contributed by atoms with Crippen molar-refractivity contribution in [3.05, 3.63) is 60.2 Å². The molecule has 2 aromatic rings. The fourth-order valence-corrected chi connectivity index (χ4v) is 3.69. The minimum absolute atomic E-state index is 0.228. The van der Waals surface area contributed by atoms with Gasteiger partial charge in [0, 0.05) is 32.2 Å². The van der Waals surface area contributed by atoms with Crippen molar-refractivity contribution < 1.29 is 0 Å². The van der Waals surface area contributed by atoms with E-state index in [4.69, 9.17) is 0 Å². The highest BCUT2D eigenvalue weighted by Gasteiger charge is 2.32. The van der Waals surface area contributed by atoms with Crippen molar-refractivity contribution in [1.82, 2.24) is 10.2 Å². The lowest BCUT2D eigenvalue weighted by atomic mass is 9.80. The van der Waals surface area contributed by atoms with Gasteiger partial charge in [-0.05, 0) is 22.1 Å². The maximum absolute atomic E-state index is 3.46. The third-order valence-electron chi connectivity index (χ3n) is 4.67. The Morgan fingerprint density at radius 1 is 0.826 bits per heavy atom. The quantitative estimate of drug-likeness (QED) is 0.907. The molecule has 1 aliphatic rings. The number of nitrogens with zero attached hydrogens (tertiary/aromatic N) is 1. The normalized spacial score (nSPS) is 17.9. The van der Waals surface area contributed by atoms with Gasteiger partial charge < -0.3 is 5.32 Å². The fourth-order valence-electron chi connectivity index (χ4n) is 3.69. The molecule has 0 radical (unpaired) electrons. The van der Waals surface area contributed by atoms with Gasteiger partial charge in [-0.15, -0.1) is 0 Å². The standard InChI is InChI=1S/C21H28N2/c1-21(2,3)20(23-15-13-22-14-16-23)19-11-9-18(10-12-19)17-7-5-4-6-8-17/h4-12,20,22H,13-16H2,1-3H3/t20-/m0/s1. The Kier molecular flexibility index (Phi) is 4.84. The third kappa shape index (κ3) is 3.82. The van der Waals surface area contributed by atoms with E-state index in [-0.39, 0.29) is 5.41 Å². The van der Waals surface area contributed by atoms with E-state index in [9.17, 15) is 0 Å². The molecule has 1 fully saturated rings. The SMILES string of the molecule is CC(C)(C)[C@H](c1ccc(-c2ccccc2)cc1)N1CCNCC1. The van der Waals surface area contributed by atoms with Crippen LogP contribution in [0.25, 0.3) is 11.1 Å². The van der Waals surface area contributed by atoms with Crippen LogP contribution < -0.4 is 5.32 Å². The van der Waals surface area contributed by atoms with Crippen molar-refractivity contribution in [2.24, 2.45) is 5.41 Å². The third-order valence-corrected chi connectivity index (χ3v) is 4.67. The van der Waals surface area contributed by atoms with E-state index in [0.717, 1.165) is 26.2 Å². The number of hydrogen-bond acceptors (Lipinski definition) is 2. The number of nitrogens with one attached hydrogen (secondary N) is 1. The van der Waals surface area contributed by atoms with Gasteiger partial charge in [-0.1, -0.05) is 75.4 Å². The molecular weight excluding hydrogens is 280 g/mol. The Morgan fingerprint density at radius 2 is 1.39 bits per heavy atom. The molecule has 0 aromatic heterocycles. The number of piperazine rings is 1. The Labute approximate surface area is 140 Å². The topological polar surface area (TPSA) is 15.3 Å². The van der Waals surface area contributed by atoms with Gasteiger partial charge in [-0.3, -0.25) is 4.90 Å². The summed E-state index contributed by atoms with van der Waals surface area (Å²) < 4.78 is 0. The Morgan fingerprint density at radius 3 is 1.96 bits per heavy atom. The molecule has 2 aromatic carbocycles. The van der Waals surface area contributed by atoms with E-state index in [1.807, 2.05) is 0 Å². The van der Waals surface area contributed by atoms with Crippen molar-refractivity contribution in [3.8, 4) is 11.1 Å². The monoisotopic (exact) mass is 308 g/mol. The summed E-state index contributed by atoms with van der Waals surface area (Å²) >= 11 is 0. The summed E-state index contributed by atoms with van der Waals surface area (Å²) in [6, 6.07) is 20.3. The van der Waals surface area contributed by atoms with Gasteiger partial charge in [0.2, 0.25) is 0 Å². The second-order valence-electron chi connectivity index (χ2n) is 7.54. The Hall–Kier alpha value is -1.64. The molecule has 1 atom stereocenters. The van der Waals surface area contributed by atoms with E-state index in [2.05, 4.69) is 85.6 Å². The molecule has 0 amide bonds. The molecule has 2 heteroatoms. The minimum Gasteiger partial charge on any atom is -0.314 e. The Bertz CT molecular complexity index is 605. The first-order valence-electron chi connectivity index (χ1n) is 8.66. The summed E-state index contributed by atoms with van der Waals surface area (Å²) in [4.78, 5) is 2.63. The molecule has 0 spiro atoms. The zero-order valence-electron chi connectivity index (χ0n) is 14.5. The van der Waals surface area contributed by atoms with Gasteiger partial charge in [-0.25, -0.2) is 0 Å². The van der Waals surface area contributed by atoms with Crippen molar-refractivity contribution in [1.29, 1.82) is 0 Å².